The van der Waals surface area contributed by atoms with Gasteiger partial charge in [0.05, 0.1) is 13.7 Å². The molecule has 0 saturated heterocycles. The first-order chi connectivity index (χ1) is 11.4. The highest BCUT2D eigenvalue weighted by Crippen LogP contribution is 2.14. The van der Waals surface area contributed by atoms with Gasteiger partial charge < -0.3 is 20.1 Å². The summed E-state index contributed by atoms with van der Waals surface area (Å²) >= 11 is 0. The molecule has 1 rings (SSSR count). The van der Waals surface area contributed by atoms with Gasteiger partial charge >= 0.3 is 6.18 Å². The molecule has 0 bridgehead atoms. The average Bonchev–Trinajstić information content (AvgIpc) is 2.54. The highest BCUT2D eigenvalue weighted by molar-refractivity contribution is 5.79. The van der Waals surface area contributed by atoms with E-state index >= 15 is 0 Å². The van der Waals surface area contributed by atoms with E-state index < -0.39 is 12.8 Å². The van der Waals surface area contributed by atoms with Crippen molar-refractivity contribution in [3.63, 3.8) is 0 Å². The van der Waals surface area contributed by atoms with Crippen LogP contribution in [0, 0.1) is 0 Å². The van der Waals surface area contributed by atoms with Gasteiger partial charge in [-0.3, -0.25) is 0 Å². The summed E-state index contributed by atoms with van der Waals surface area (Å²) < 4.78 is 45.5. The summed E-state index contributed by atoms with van der Waals surface area (Å²) in [5.41, 5.74) is 1.00. The third-order valence-electron chi connectivity index (χ3n) is 2.92. The van der Waals surface area contributed by atoms with Crippen LogP contribution in [-0.2, 0) is 11.3 Å². The number of guanidine groups is 1. The minimum atomic E-state index is -4.28. The van der Waals surface area contributed by atoms with E-state index in [0.29, 0.717) is 32.0 Å². The molecule has 0 saturated carbocycles. The molecule has 0 aliphatic carbocycles. The maximum Gasteiger partial charge on any atom is 0.411 e. The number of benzene rings is 1. The van der Waals surface area contributed by atoms with E-state index in [2.05, 4.69) is 20.4 Å². The predicted molar refractivity (Wildman–Crippen MR) is 87.3 cm³/mol. The first kappa shape index (κ1) is 20.1. The molecule has 8 heteroatoms. The summed E-state index contributed by atoms with van der Waals surface area (Å²) in [5.74, 6) is 1.37. The third kappa shape index (κ3) is 9.24. The van der Waals surface area contributed by atoms with E-state index in [4.69, 9.17) is 4.74 Å². The normalized spacial score (nSPS) is 12.1. The van der Waals surface area contributed by atoms with Crippen molar-refractivity contribution in [2.24, 2.45) is 4.99 Å². The van der Waals surface area contributed by atoms with Crippen LogP contribution < -0.4 is 15.4 Å². The van der Waals surface area contributed by atoms with Gasteiger partial charge in [-0.25, -0.2) is 4.99 Å². The van der Waals surface area contributed by atoms with Crippen molar-refractivity contribution < 1.29 is 22.6 Å². The average molecular weight is 347 g/mol. The Hall–Kier alpha value is -1.96. The number of methoxy groups -OCH3 is 1. The molecule has 5 nitrogen and oxygen atoms in total. The second kappa shape index (κ2) is 10.7. The van der Waals surface area contributed by atoms with Crippen molar-refractivity contribution in [1.29, 1.82) is 0 Å². The molecule has 0 unspecified atom stereocenters. The molecule has 136 valence electrons. The molecule has 0 aliphatic rings. The number of aliphatic imine (C=N–C) groups is 1. The second-order valence-electron chi connectivity index (χ2n) is 4.99. The molecule has 1 aromatic carbocycles. The Bertz CT molecular complexity index is 508. The van der Waals surface area contributed by atoms with Crippen molar-refractivity contribution >= 4 is 5.96 Å². The van der Waals surface area contributed by atoms with Gasteiger partial charge in [0.1, 0.15) is 12.4 Å². The lowest BCUT2D eigenvalue weighted by atomic mass is 10.2. The fourth-order valence-corrected chi connectivity index (χ4v) is 1.85. The number of hydrogen-bond acceptors (Lipinski definition) is 3. The van der Waals surface area contributed by atoms with Crippen LogP contribution in [0.3, 0.4) is 0 Å². The van der Waals surface area contributed by atoms with Gasteiger partial charge in [-0.15, -0.1) is 0 Å². The molecule has 0 spiro atoms. The Morgan fingerprint density at radius 1 is 1.25 bits per heavy atom. The zero-order chi connectivity index (χ0) is 17.8. The SMILES string of the molecule is CCNC(=NCc1cccc(OC)c1)NCCCOCC(F)(F)F. The van der Waals surface area contributed by atoms with E-state index in [9.17, 15) is 13.2 Å². The zero-order valence-electron chi connectivity index (χ0n) is 13.9. The Kier molecular flexibility index (Phi) is 8.99. The fourth-order valence-electron chi connectivity index (χ4n) is 1.85. The predicted octanol–water partition coefficient (Wildman–Crippen LogP) is 2.72. The standard InChI is InChI=1S/C16H24F3N3O2/c1-3-20-15(21-8-5-9-24-12-16(17,18)19)22-11-13-6-4-7-14(10-13)23-2/h4,6-7,10H,3,5,8-9,11-12H2,1-2H3,(H2,20,21,22). The molecule has 24 heavy (non-hydrogen) atoms. The largest absolute Gasteiger partial charge is 0.497 e. The van der Waals surface area contributed by atoms with Crippen LogP contribution in [0.1, 0.15) is 18.9 Å². The number of nitrogens with zero attached hydrogens (tertiary/aromatic N) is 1. The van der Waals surface area contributed by atoms with E-state index in [-0.39, 0.29) is 6.61 Å². The van der Waals surface area contributed by atoms with Crippen molar-refractivity contribution in [2.75, 3.05) is 33.4 Å². The molecule has 1 aromatic rings. The Balaban J connectivity index is 2.37. The smallest absolute Gasteiger partial charge is 0.411 e. The Labute approximate surface area is 140 Å². The van der Waals surface area contributed by atoms with Crippen LogP contribution in [0.5, 0.6) is 5.75 Å². The Morgan fingerprint density at radius 3 is 2.71 bits per heavy atom. The number of hydrogen-bond donors (Lipinski definition) is 2. The van der Waals surface area contributed by atoms with Gasteiger partial charge in [-0.1, -0.05) is 12.1 Å². The third-order valence-corrected chi connectivity index (χ3v) is 2.92. The number of halogens is 3. The van der Waals surface area contributed by atoms with Gasteiger partial charge in [-0.2, -0.15) is 13.2 Å². The number of alkyl halides is 3. The summed E-state index contributed by atoms with van der Waals surface area (Å²) in [6.45, 7) is 2.40. The Morgan fingerprint density at radius 2 is 2.04 bits per heavy atom. The summed E-state index contributed by atoms with van der Waals surface area (Å²) in [7, 11) is 1.61. The fraction of sp³-hybridized carbons (Fsp3) is 0.562. The summed E-state index contributed by atoms with van der Waals surface area (Å²) in [4.78, 5) is 4.43. The minimum absolute atomic E-state index is 0.0435. The maximum absolute atomic E-state index is 11.9. The minimum Gasteiger partial charge on any atom is -0.497 e. The first-order valence-electron chi connectivity index (χ1n) is 7.74. The van der Waals surface area contributed by atoms with Gasteiger partial charge in [0, 0.05) is 19.7 Å². The van der Waals surface area contributed by atoms with Crippen LogP contribution in [0.15, 0.2) is 29.3 Å². The molecule has 0 amide bonds. The molecule has 0 fully saturated rings. The van der Waals surface area contributed by atoms with Crippen LogP contribution in [0.4, 0.5) is 13.2 Å². The highest BCUT2D eigenvalue weighted by Gasteiger charge is 2.27. The lowest BCUT2D eigenvalue weighted by molar-refractivity contribution is -0.173. The summed E-state index contributed by atoms with van der Waals surface area (Å²) in [6.07, 6.45) is -3.82. The lowest BCUT2D eigenvalue weighted by Crippen LogP contribution is -2.38. The lowest BCUT2D eigenvalue weighted by Gasteiger charge is -2.12. The number of rotatable bonds is 9. The number of ether oxygens (including phenoxy) is 2. The zero-order valence-corrected chi connectivity index (χ0v) is 13.9. The molecule has 0 heterocycles. The van der Waals surface area contributed by atoms with Crippen LogP contribution in [0.25, 0.3) is 0 Å². The van der Waals surface area contributed by atoms with Gasteiger partial charge in [0.25, 0.3) is 0 Å². The molecule has 2 N–H and O–H groups in total. The van der Waals surface area contributed by atoms with Crippen molar-refractivity contribution in [3.8, 4) is 5.75 Å². The number of nitrogens with one attached hydrogen (secondary N) is 2. The second-order valence-corrected chi connectivity index (χ2v) is 4.99. The van der Waals surface area contributed by atoms with E-state index in [0.717, 1.165) is 11.3 Å². The molecule has 0 aliphatic heterocycles. The van der Waals surface area contributed by atoms with Crippen LogP contribution >= 0.6 is 0 Å². The monoisotopic (exact) mass is 347 g/mol. The molecule has 0 atom stereocenters. The molecular weight excluding hydrogens is 323 g/mol. The quantitative estimate of drug-likeness (QED) is 0.410. The molecule has 0 radical (unpaired) electrons. The van der Waals surface area contributed by atoms with E-state index in [1.54, 1.807) is 7.11 Å². The summed E-state index contributed by atoms with van der Waals surface area (Å²) in [5, 5.41) is 6.15. The van der Waals surface area contributed by atoms with Crippen molar-refractivity contribution in [2.45, 2.75) is 26.1 Å². The van der Waals surface area contributed by atoms with Crippen molar-refractivity contribution in [1.82, 2.24) is 10.6 Å². The van der Waals surface area contributed by atoms with Gasteiger partial charge in [0.2, 0.25) is 0 Å². The van der Waals surface area contributed by atoms with E-state index in [1.807, 2.05) is 31.2 Å². The van der Waals surface area contributed by atoms with Crippen molar-refractivity contribution in [3.05, 3.63) is 29.8 Å². The maximum atomic E-state index is 11.9. The van der Waals surface area contributed by atoms with Crippen LogP contribution in [-0.4, -0.2) is 45.5 Å². The van der Waals surface area contributed by atoms with Gasteiger partial charge in [0.15, 0.2) is 5.96 Å². The first-order valence-corrected chi connectivity index (χ1v) is 7.74. The van der Waals surface area contributed by atoms with Crippen LogP contribution in [0.2, 0.25) is 0 Å². The molecule has 0 aromatic heterocycles. The van der Waals surface area contributed by atoms with Gasteiger partial charge in [-0.05, 0) is 31.0 Å². The summed E-state index contributed by atoms with van der Waals surface area (Å²) in [6, 6.07) is 7.60. The van der Waals surface area contributed by atoms with E-state index in [1.165, 1.54) is 0 Å². The molecular formula is C16H24F3N3O2. The highest BCUT2D eigenvalue weighted by atomic mass is 19.4. The topological polar surface area (TPSA) is 54.9 Å².